The molecule has 1 amide bonds. The average Bonchev–Trinajstić information content (AvgIpc) is 3.04. The van der Waals surface area contributed by atoms with E-state index in [-0.39, 0.29) is 23.9 Å². The Morgan fingerprint density at radius 2 is 1.97 bits per heavy atom. The Hall–Kier alpha value is -2.60. The molecule has 0 saturated carbocycles. The van der Waals surface area contributed by atoms with Crippen LogP contribution in [-0.4, -0.2) is 40.6 Å². The van der Waals surface area contributed by atoms with Gasteiger partial charge in [-0.3, -0.25) is 9.59 Å². The maximum Gasteiger partial charge on any atom is 0.305 e. The lowest BCUT2D eigenvalue weighted by Crippen LogP contribution is -2.34. The number of halogens is 2. The largest absolute Gasteiger partial charge is 0.487 e. The highest BCUT2D eigenvalue weighted by Gasteiger charge is 2.35. The van der Waals surface area contributed by atoms with Gasteiger partial charge < -0.3 is 14.7 Å². The van der Waals surface area contributed by atoms with Crippen LogP contribution in [-0.2, 0) is 17.6 Å². The van der Waals surface area contributed by atoms with Crippen LogP contribution in [0.3, 0.4) is 0 Å². The number of ether oxygens (including phenoxy) is 1. The van der Waals surface area contributed by atoms with Crippen LogP contribution in [0.25, 0.3) is 0 Å². The molecule has 0 aliphatic carbocycles. The highest BCUT2D eigenvalue weighted by Crippen LogP contribution is 2.38. The monoisotopic (exact) mass is 461 g/mol. The van der Waals surface area contributed by atoms with Crippen molar-refractivity contribution in [1.29, 1.82) is 0 Å². The maximum atomic E-state index is 13.8. The molecule has 7 heteroatoms. The van der Waals surface area contributed by atoms with E-state index < -0.39 is 17.4 Å². The molecule has 172 valence electrons. The molecule has 2 aromatic carbocycles. The van der Waals surface area contributed by atoms with Gasteiger partial charge in [-0.05, 0) is 60.7 Å². The third-order valence-corrected chi connectivity index (χ3v) is 5.96. The normalized spacial score (nSPS) is 17.2. The number of hydrogen-bond acceptors (Lipinski definition) is 3. The SMILES string of the molecule is CC(C)CCN(CCC(=O)O)C(=O)c1ccc2c(c1)C[C@@](C)(Cc1ccc(Cl)c(F)c1)O2. The molecule has 0 fully saturated rings. The third-order valence-electron chi connectivity index (χ3n) is 5.65. The van der Waals surface area contributed by atoms with E-state index in [1.807, 2.05) is 13.0 Å². The van der Waals surface area contributed by atoms with Crippen molar-refractivity contribution in [2.75, 3.05) is 13.1 Å². The summed E-state index contributed by atoms with van der Waals surface area (Å²) >= 11 is 5.78. The Morgan fingerprint density at radius 3 is 2.62 bits per heavy atom. The highest BCUT2D eigenvalue weighted by atomic mass is 35.5. The van der Waals surface area contributed by atoms with Crippen molar-refractivity contribution in [1.82, 2.24) is 4.90 Å². The average molecular weight is 462 g/mol. The maximum absolute atomic E-state index is 13.8. The van der Waals surface area contributed by atoms with Crippen molar-refractivity contribution in [2.24, 2.45) is 5.92 Å². The van der Waals surface area contributed by atoms with Crippen LogP contribution in [0.4, 0.5) is 4.39 Å². The first kappa shape index (κ1) is 24.1. The summed E-state index contributed by atoms with van der Waals surface area (Å²) < 4.78 is 20.0. The molecule has 3 rings (SSSR count). The number of fused-ring (bicyclic) bond motifs is 1. The molecule has 1 aliphatic heterocycles. The lowest BCUT2D eigenvalue weighted by atomic mass is 9.91. The van der Waals surface area contributed by atoms with E-state index in [0.29, 0.717) is 36.6 Å². The lowest BCUT2D eigenvalue weighted by Gasteiger charge is -2.24. The van der Waals surface area contributed by atoms with Crippen LogP contribution in [0.15, 0.2) is 36.4 Å². The number of amides is 1. The van der Waals surface area contributed by atoms with Gasteiger partial charge in [-0.25, -0.2) is 4.39 Å². The number of aliphatic carboxylic acids is 1. The van der Waals surface area contributed by atoms with Gasteiger partial charge in [-0.2, -0.15) is 0 Å². The molecule has 0 saturated heterocycles. The summed E-state index contributed by atoms with van der Waals surface area (Å²) in [6.45, 7) is 6.79. The number of carboxylic acid groups (broad SMARTS) is 1. The van der Waals surface area contributed by atoms with Gasteiger partial charge in [0.25, 0.3) is 5.91 Å². The molecule has 1 atom stereocenters. The van der Waals surface area contributed by atoms with Gasteiger partial charge in [0.1, 0.15) is 17.2 Å². The molecule has 1 heterocycles. The summed E-state index contributed by atoms with van der Waals surface area (Å²) in [5.41, 5.74) is 1.65. The van der Waals surface area contributed by atoms with Crippen LogP contribution in [0.2, 0.25) is 5.02 Å². The van der Waals surface area contributed by atoms with Gasteiger partial charge in [0.15, 0.2) is 0 Å². The zero-order valence-electron chi connectivity index (χ0n) is 18.7. The minimum Gasteiger partial charge on any atom is -0.487 e. The number of hydrogen-bond donors (Lipinski definition) is 1. The molecule has 1 N–H and O–H groups in total. The fraction of sp³-hybridized carbons (Fsp3) is 0.440. The number of rotatable bonds is 9. The summed E-state index contributed by atoms with van der Waals surface area (Å²) in [5.74, 6) is -0.453. The minimum atomic E-state index is -0.927. The quantitative estimate of drug-likeness (QED) is 0.544. The molecular formula is C25H29ClFNO4. The first-order valence-corrected chi connectivity index (χ1v) is 11.2. The Balaban J connectivity index is 1.75. The van der Waals surface area contributed by atoms with Crippen molar-refractivity contribution >= 4 is 23.5 Å². The number of benzene rings is 2. The van der Waals surface area contributed by atoms with E-state index in [1.54, 1.807) is 23.1 Å². The second kappa shape index (κ2) is 9.90. The van der Waals surface area contributed by atoms with Crippen molar-refractivity contribution < 1.29 is 23.8 Å². The summed E-state index contributed by atoms with van der Waals surface area (Å²) in [4.78, 5) is 25.8. The van der Waals surface area contributed by atoms with Gasteiger partial charge >= 0.3 is 5.97 Å². The van der Waals surface area contributed by atoms with Crippen LogP contribution in [0, 0.1) is 11.7 Å². The van der Waals surface area contributed by atoms with Crippen molar-refractivity contribution in [3.8, 4) is 5.75 Å². The van der Waals surface area contributed by atoms with E-state index in [1.165, 1.54) is 12.1 Å². The Labute approximate surface area is 193 Å². The number of carbonyl (C=O) groups is 2. The molecule has 32 heavy (non-hydrogen) atoms. The molecule has 0 spiro atoms. The van der Waals surface area contributed by atoms with Crippen molar-refractivity contribution in [3.05, 3.63) is 63.9 Å². The molecule has 0 aromatic heterocycles. The van der Waals surface area contributed by atoms with E-state index >= 15 is 0 Å². The zero-order chi connectivity index (χ0) is 23.5. The van der Waals surface area contributed by atoms with E-state index in [9.17, 15) is 14.0 Å². The molecule has 1 aliphatic rings. The number of carboxylic acids is 1. The van der Waals surface area contributed by atoms with E-state index in [0.717, 1.165) is 17.5 Å². The van der Waals surface area contributed by atoms with Gasteiger partial charge in [0.05, 0.1) is 11.4 Å². The molecule has 0 radical (unpaired) electrons. The minimum absolute atomic E-state index is 0.0857. The summed E-state index contributed by atoms with van der Waals surface area (Å²) in [7, 11) is 0. The van der Waals surface area contributed by atoms with Gasteiger partial charge in [0, 0.05) is 31.5 Å². The van der Waals surface area contributed by atoms with Crippen molar-refractivity contribution in [3.63, 3.8) is 0 Å². The zero-order valence-corrected chi connectivity index (χ0v) is 19.4. The van der Waals surface area contributed by atoms with E-state index in [4.69, 9.17) is 21.4 Å². The van der Waals surface area contributed by atoms with Gasteiger partial charge in [-0.1, -0.05) is 31.5 Å². The van der Waals surface area contributed by atoms with Crippen LogP contribution < -0.4 is 4.74 Å². The predicted molar refractivity (Wildman–Crippen MR) is 122 cm³/mol. The first-order valence-electron chi connectivity index (χ1n) is 10.8. The van der Waals surface area contributed by atoms with Gasteiger partial charge in [-0.15, -0.1) is 0 Å². The smallest absolute Gasteiger partial charge is 0.305 e. The highest BCUT2D eigenvalue weighted by molar-refractivity contribution is 6.30. The molecular weight excluding hydrogens is 433 g/mol. The standard InChI is InChI=1S/C25H29ClFNO4/c1-16(2)8-10-28(11-9-23(29)30)24(31)18-5-7-22-19(13-18)15-25(3,32-22)14-17-4-6-20(26)21(27)12-17/h4-7,12-13,16H,8-11,14-15H2,1-3H3,(H,29,30)/t25-/m1/s1. The fourth-order valence-corrected chi connectivity index (χ4v) is 4.09. The summed E-state index contributed by atoms with van der Waals surface area (Å²) in [6.07, 6.45) is 1.79. The third kappa shape index (κ3) is 6.00. The van der Waals surface area contributed by atoms with Gasteiger partial charge in [0.2, 0.25) is 0 Å². The number of carbonyl (C=O) groups excluding carboxylic acids is 1. The number of nitrogens with zero attached hydrogens (tertiary/aromatic N) is 1. The second-order valence-electron chi connectivity index (χ2n) is 9.09. The van der Waals surface area contributed by atoms with E-state index in [2.05, 4.69) is 13.8 Å². The summed E-state index contributed by atoms with van der Waals surface area (Å²) in [5, 5.41) is 9.13. The molecule has 0 unspecified atom stereocenters. The molecule has 5 nitrogen and oxygen atoms in total. The predicted octanol–water partition coefficient (Wildman–Crippen LogP) is 5.38. The molecule has 2 aromatic rings. The Kier molecular flexibility index (Phi) is 7.44. The molecule has 0 bridgehead atoms. The Morgan fingerprint density at radius 1 is 1.22 bits per heavy atom. The van der Waals surface area contributed by atoms with Crippen molar-refractivity contribution in [2.45, 2.75) is 52.1 Å². The summed E-state index contributed by atoms with van der Waals surface area (Å²) in [6, 6.07) is 10.1. The Bertz CT molecular complexity index is 1010. The van der Waals surface area contributed by atoms with Crippen LogP contribution in [0.5, 0.6) is 5.75 Å². The second-order valence-corrected chi connectivity index (χ2v) is 9.50. The fourth-order valence-electron chi connectivity index (χ4n) is 3.98. The van der Waals surface area contributed by atoms with Crippen LogP contribution >= 0.6 is 11.6 Å². The topological polar surface area (TPSA) is 66.8 Å². The first-order chi connectivity index (χ1) is 15.1. The lowest BCUT2D eigenvalue weighted by molar-refractivity contribution is -0.137. The van der Waals surface area contributed by atoms with Crippen LogP contribution in [0.1, 0.15) is 55.1 Å².